The second kappa shape index (κ2) is 10.3. The minimum Gasteiger partial charge on any atom is -0.507 e. The molecule has 1 saturated heterocycles. The number of nitrogens with one attached hydrogen (secondary N) is 1. The van der Waals surface area contributed by atoms with E-state index in [2.05, 4.69) is 10.3 Å². The van der Waals surface area contributed by atoms with Gasteiger partial charge in [-0.25, -0.2) is 4.98 Å². The van der Waals surface area contributed by atoms with Gasteiger partial charge in [-0.3, -0.25) is 4.79 Å². The Bertz CT molecular complexity index is 1040. The van der Waals surface area contributed by atoms with Crippen LogP contribution in [-0.2, 0) is 6.61 Å². The van der Waals surface area contributed by atoms with Crippen molar-refractivity contribution >= 4 is 24.5 Å². The average Bonchev–Trinajstić information content (AvgIpc) is 2.78. The number of phenolic OH excluding ortho intramolecular Hbond substituents is 1. The average molecular weight is 440 g/mol. The lowest BCUT2D eigenvalue weighted by atomic mass is 9.88. The number of halogens is 1. The first-order valence-corrected chi connectivity index (χ1v) is 10.1. The van der Waals surface area contributed by atoms with E-state index in [0.717, 1.165) is 43.3 Å². The largest absolute Gasteiger partial charge is 0.507 e. The second-order valence-corrected chi connectivity index (χ2v) is 7.48. The quantitative estimate of drug-likeness (QED) is 0.495. The summed E-state index contributed by atoms with van der Waals surface area (Å²) in [6.45, 7) is 2.11. The lowest BCUT2D eigenvalue weighted by Crippen LogP contribution is -2.29. The smallest absolute Gasteiger partial charge is 0.154 e. The lowest BCUT2D eigenvalue weighted by Gasteiger charge is -2.25. The van der Waals surface area contributed by atoms with Crippen molar-refractivity contribution in [1.29, 1.82) is 0 Å². The zero-order valence-corrected chi connectivity index (χ0v) is 17.9. The molecule has 4 rings (SSSR count). The van der Waals surface area contributed by atoms with Crippen LogP contribution in [0.25, 0.3) is 11.3 Å². The van der Waals surface area contributed by atoms with Crippen molar-refractivity contribution in [2.45, 2.75) is 25.4 Å². The van der Waals surface area contributed by atoms with E-state index in [-0.39, 0.29) is 29.9 Å². The summed E-state index contributed by atoms with van der Waals surface area (Å²) in [7, 11) is 0. The second-order valence-electron chi connectivity index (χ2n) is 7.48. The van der Waals surface area contributed by atoms with Crippen molar-refractivity contribution in [3.05, 3.63) is 71.3 Å². The fraction of sp³-hybridized carbons (Fsp3) is 0.250. The summed E-state index contributed by atoms with van der Waals surface area (Å²) in [5.41, 5.74) is 9.43. The van der Waals surface area contributed by atoms with Crippen LogP contribution in [0.2, 0.25) is 0 Å². The van der Waals surface area contributed by atoms with E-state index in [1.807, 2.05) is 36.4 Å². The number of aldehydes is 1. The molecule has 6 nitrogen and oxygen atoms in total. The minimum absolute atomic E-state index is 0. The topological polar surface area (TPSA) is 97.5 Å². The molecule has 1 unspecified atom stereocenters. The Balaban J connectivity index is 0.00000272. The number of hydrogen-bond donors (Lipinski definition) is 3. The number of ether oxygens (including phenoxy) is 1. The van der Waals surface area contributed by atoms with Gasteiger partial charge in [0.05, 0.1) is 16.8 Å². The number of aromatic hydroxyl groups is 1. The van der Waals surface area contributed by atoms with E-state index in [1.165, 1.54) is 0 Å². The Labute approximate surface area is 187 Å². The number of nitrogens with zero attached hydrogens (tertiary/aromatic N) is 1. The molecule has 0 amide bonds. The summed E-state index contributed by atoms with van der Waals surface area (Å²) in [6.07, 6.45) is 2.77. The van der Waals surface area contributed by atoms with Crippen LogP contribution in [0.4, 0.5) is 5.82 Å². The zero-order valence-electron chi connectivity index (χ0n) is 17.1. The van der Waals surface area contributed by atoms with E-state index in [0.29, 0.717) is 29.2 Å². The van der Waals surface area contributed by atoms with Gasteiger partial charge in [-0.1, -0.05) is 36.4 Å². The Morgan fingerprint density at radius 2 is 2.00 bits per heavy atom. The maximum absolute atomic E-state index is 11.7. The Morgan fingerprint density at radius 1 is 1.19 bits per heavy atom. The van der Waals surface area contributed by atoms with Crippen molar-refractivity contribution in [2.75, 3.05) is 18.8 Å². The predicted molar refractivity (Wildman–Crippen MR) is 124 cm³/mol. The third-order valence-electron chi connectivity index (χ3n) is 5.47. The first-order chi connectivity index (χ1) is 14.7. The molecular weight excluding hydrogens is 414 g/mol. The van der Waals surface area contributed by atoms with Crippen molar-refractivity contribution < 1.29 is 14.6 Å². The first kappa shape index (κ1) is 22.6. The van der Waals surface area contributed by atoms with Gasteiger partial charge in [0.25, 0.3) is 0 Å². The summed E-state index contributed by atoms with van der Waals surface area (Å²) < 4.78 is 6.02. The molecule has 0 aliphatic carbocycles. The molecule has 2 heterocycles. The van der Waals surface area contributed by atoms with Crippen LogP contribution in [0.3, 0.4) is 0 Å². The van der Waals surface area contributed by atoms with E-state index in [4.69, 9.17) is 10.5 Å². The Morgan fingerprint density at radius 3 is 2.71 bits per heavy atom. The molecule has 0 spiro atoms. The predicted octanol–water partition coefficient (Wildman–Crippen LogP) is 4.32. The summed E-state index contributed by atoms with van der Waals surface area (Å²) in [5.74, 6) is 0.902. The molecule has 1 aromatic heterocycles. The number of nitrogens with two attached hydrogens (primary N) is 1. The molecule has 162 valence electrons. The van der Waals surface area contributed by atoms with Gasteiger partial charge in [-0.15, -0.1) is 12.4 Å². The molecule has 4 N–H and O–H groups in total. The van der Waals surface area contributed by atoms with Gasteiger partial charge in [0.2, 0.25) is 0 Å². The molecule has 7 heteroatoms. The van der Waals surface area contributed by atoms with Crippen LogP contribution in [0, 0.1) is 0 Å². The molecule has 0 bridgehead atoms. The van der Waals surface area contributed by atoms with E-state index in [1.54, 1.807) is 18.2 Å². The molecular formula is C24H26ClN3O3. The lowest BCUT2D eigenvalue weighted by molar-refractivity contribution is 0.112. The summed E-state index contributed by atoms with van der Waals surface area (Å²) in [5, 5.41) is 14.0. The van der Waals surface area contributed by atoms with Gasteiger partial charge in [0, 0.05) is 6.54 Å². The number of nitrogen functional groups attached to an aromatic ring is 1. The van der Waals surface area contributed by atoms with Crippen LogP contribution in [-0.4, -0.2) is 29.5 Å². The molecule has 31 heavy (non-hydrogen) atoms. The van der Waals surface area contributed by atoms with E-state index >= 15 is 0 Å². The number of carbonyl (C=O) groups is 1. The van der Waals surface area contributed by atoms with Crippen molar-refractivity contribution in [3.63, 3.8) is 0 Å². The molecule has 0 radical (unpaired) electrons. The molecule has 1 aliphatic rings. The highest BCUT2D eigenvalue weighted by Gasteiger charge is 2.23. The molecule has 1 fully saturated rings. The van der Waals surface area contributed by atoms with Gasteiger partial charge < -0.3 is 20.9 Å². The van der Waals surface area contributed by atoms with Crippen molar-refractivity contribution in [1.82, 2.24) is 10.3 Å². The maximum atomic E-state index is 11.7. The first-order valence-electron chi connectivity index (χ1n) is 10.1. The van der Waals surface area contributed by atoms with Gasteiger partial charge >= 0.3 is 0 Å². The number of phenols is 1. The molecule has 1 atom stereocenters. The maximum Gasteiger partial charge on any atom is 0.154 e. The number of rotatable bonds is 6. The van der Waals surface area contributed by atoms with Crippen LogP contribution in [0.1, 0.15) is 40.2 Å². The fourth-order valence-electron chi connectivity index (χ4n) is 3.94. The summed E-state index contributed by atoms with van der Waals surface area (Å²) in [6, 6.07) is 16.8. The molecule has 2 aromatic carbocycles. The molecule has 3 aromatic rings. The highest BCUT2D eigenvalue weighted by molar-refractivity contribution is 5.87. The third-order valence-corrected chi connectivity index (χ3v) is 5.47. The van der Waals surface area contributed by atoms with Crippen molar-refractivity contribution in [2.24, 2.45) is 0 Å². The fourth-order valence-corrected chi connectivity index (χ4v) is 3.94. The van der Waals surface area contributed by atoms with Gasteiger partial charge in [0.1, 0.15) is 23.9 Å². The van der Waals surface area contributed by atoms with Gasteiger partial charge in [-0.2, -0.15) is 0 Å². The third kappa shape index (κ3) is 4.98. The van der Waals surface area contributed by atoms with E-state index in [9.17, 15) is 9.90 Å². The minimum atomic E-state index is 0. The Hall–Kier alpha value is -3.09. The van der Waals surface area contributed by atoms with E-state index < -0.39 is 0 Å². The van der Waals surface area contributed by atoms with Crippen LogP contribution in [0.15, 0.2) is 54.6 Å². The van der Waals surface area contributed by atoms with Gasteiger partial charge in [0.15, 0.2) is 6.29 Å². The van der Waals surface area contributed by atoms with Crippen LogP contribution >= 0.6 is 12.4 Å². The number of hydrogen-bond acceptors (Lipinski definition) is 6. The molecule has 0 saturated carbocycles. The standard InChI is InChI=1S/C24H25N3O3.ClH/c25-24-19(14-28)18(17-8-5-11-26-13-17)12-20(27-24)23-21(29)9-4-10-22(23)30-15-16-6-2-1-3-7-16;/h1-4,6-7,9-10,12,14,17,26,29H,5,8,11,13,15H2,(H2,25,27);1H. The van der Waals surface area contributed by atoms with Gasteiger partial charge in [-0.05, 0) is 54.6 Å². The van der Waals surface area contributed by atoms with Crippen LogP contribution < -0.4 is 15.8 Å². The summed E-state index contributed by atoms with van der Waals surface area (Å²) >= 11 is 0. The molecule has 1 aliphatic heterocycles. The number of carbonyl (C=O) groups excluding carboxylic acids is 1. The monoisotopic (exact) mass is 439 g/mol. The highest BCUT2D eigenvalue weighted by atomic mass is 35.5. The number of pyridine rings is 1. The number of aromatic nitrogens is 1. The normalized spacial score (nSPS) is 15.7. The van der Waals surface area contributed by atoms with Crippen LogP contribution in [0.5, 0.6) is 11.5 Å². The van der Waals surface area contributed by atoms with Crippen molar-refractivity contribution in [3.8, 4) is 22.8 Å². The number of piperidine rings is 1. The highest BCUT2D eigenvalue weighted by Crippen LogP contribution is 2.40. The summed E-state index contributed by atoms with van der Waals surface area (Å²) in [4.78, 5) is 16.1. The zero-order chi connectivity index (χ0) is 20.9. The Kier molecular flexibility index (Phi) is 7.50. The number of anilines is 1. The SMILES string of the molecule is Cl.Nc1nc(-c2c(O)cccc2OCc2ccccc2)cc(C2CCCNC2)c1C=O. The number of benzene rings is 2.